The maximum atomic E-state index is 12.5. The molecule has 6 heteroatoms. The summed E-state index contributed by atoms with van der Waals surface area (Å²) in [5, 5.41) is 0.595. The van der Waals surface area contributed by atoms with Crippen LogP contribution in [-0.4, -0.2) is 42.1 Å². The van der Waals surface area contributed by atoms with Gasteiger partial charge in [0.25, 0.3) is 0 Å². The monoisotopic (exact) mass is 350 g/mol. The largest absolute Gasteiger partial charge is 0.444 e. The van der Waals surface area contributed by atoms with Crippen molar-refractivity contribution in [3.05, 3.63) is 28.3 Å². The number of carbonyl (C=O) groups excluding carboxylic acids is 2. The maximum Gasteiger partial charge on any atom is 0.410 e. The zero-order chi connectivity index (χ0) is 17.6. The molecular formula is C18H23ClN2O3. The first-order valence-electron chi connectivity index (χ1n) is 8.24. The van der Waals surface area contributed by atoms with Crippen LogP contribution in [0.25, 0.3) is 0 Å². The van der Waals surface area contributed by atoms with Gasteiger partial charge in [-0.25, -0.2) is 4.79 Å². The van der Waals surface area contributed by atoms with E-state index in [0.29, 0.717) is 24.7 Å². The molecule has 0 spiro atoms. The van der Waals surface area contributed by atoms with E-state index in [1.54, 1.807) is 16.7 Å². The molecule has 0 aliphatic carbocycles. The smallest absolute Gasteiger partial charge is 0.410 e. The number of anilines is 1. The standard InChI is InChI=1S/C18H23ClN2O3/c1-11(22)21-10-13-9-20(17(23)24-18(2,3)4)8-7-12-5-6-14(19)16(21)15(12)13/h5-6,13H,7-10H2,1-4H3/t13-/m1/s1. The lowest BCUT2D eigenvalue weighted by atomic mass is 9.95. The van der Waals surface area contributed by atoms with Crippen LogP contribution in [0.5, 0.6) is 0 Å². The van der Waals surface area contributed by atoms with Gasteiger partial charge in [-0.05, 0) is 44.4 Å². The van der Waals surface area contributed by atoms with E-state index in [2.05, 4.69) is 0 Å². The third kappa shape index (κ3) is 3.09. The van der Waals surface area contributed by atoms with E-state index < -0.39 is 5.60 Å². The van der Waals surface area contributed by atoms with Crippen molar-refractivity contribution in [3.63, 3.8) is 0 Å². The van der Waals surface area contributed by atoms with Crippen LogP contribution in [-0.2, 0) is 16.0 Å². The van der Waals surface area contributed by atoms with Crippen molar-refractivity contribution in [2.75, 3.05) is 24.5 Å². The fraction of sp³-hybridized carbons (Fsp3) is 0.556. The van der Waals surface area contributed by atoms with Gasteiger partial charge in [0.2, 0.25) is 5.91 Å². The zero-order valence-corrected chi connectivity index (χ0v) is 15.3. The molecule has 0 N–H and O–H groups in total. The van der Waals surface area contributed by atoms with Crippen LogP contribution in [0.3, 0.4) is 0 Å². The molecule has 0 bridgehead atoms. The summed E-state index contributed by atoms with van der Waals surface area (Å²) in [6.45, 7) is 8.85. The SMILES string of the molecule is CC(=O)N1C[C@H]2CN(C(=O)OC(C)(C)C)CCc3ccc(Cl)c1c32. The summed E-state index contributed by atoms with van der Waals surface area (Å²) < 4.78 is 5.52. The summed E-state index contributed by atoms with van der Waals surface area (Å²) in [5.41, 5.74) is 2.57. The molecule has 2 heterocycles. The molecule has 2 aliphatic rings. The minimum Gasteiger partial charge on any atom is -0.444 e. The quantitative estimate of drug-likeness (QED) is 0.718. The average Bonchev–Trinajstić information content (AvgIpc) is 2.74. The Kier molecular flexibility index (Phi) is 4.24. The van der Waals surface area contributed by atoms with Crippen LogP contribution in [0.2, 0.25) is 5.02 Å². The Labute approximate surface area is 147 Å². The van der Waals surface area contributed by atoms with Gasteiger partial charge in [-0.3, -0.25) is 4.79 Å². The number of hydrogen-bond acceptors (Lipinski definition) is 3. The highest BCUT2D eigenvalue weighted by atomic mass is 35.5. The van der Waals surface area contributed by atoms with Crippen molar-refractivity contribution >= 4 is 29.3 Å². The molecule has 5 nitrogen and oxygen atoms in total. The average molecular weight is 351 g/mol. The molecule has 0 saturated carbocycles. The highest BCUT2D eigenvalue weighted by molar-refractivity contribution is 6.34. The summed E-state index contributed by atoms with van der Waals surface area (Å²) in [4.78, 5) is 28.0. The molecule has 2 amide bonds. The number of nitrogens with zero attached hydrogens (tertiary/aromatic N) is 2. The van der Waals surface area contributed by atoms with Gasteiger partial charge < -0.3 is 14.5 Å². The van der Waals surface area contributed by atoms with Crippen LogP contribution < -0.4 is 4.90 Å². The van der Waals surface area contributed by atoms with Crippen molar-refractivity contribution in [1.82, 2.24) is 4.90 Å². The molecule has 24 heavy (non-hydrogen) atoms. The highest BCUT2D eigenvalue weighted by Crippen LogP contribution is 2.45. The predicted octanol–water partition coefficient (Wildman–Crippen LogP) is 3.58. The summed E-state index contributed by atoms with van der Waals surface area (Å²) in [6, 6.07) is 3.85. The number of amides is 2. The number of carbonyl (C=O) groups is 2. The van der Waals surface area contributed by atoms with Crippen molar-refractivity contribution in [1.29, 1.82) is 0 Å². The summed E-state index contributed by atoms with van der Waals surface area (Å²) in [7, 11) is 0. The number of halogens is 1. The number of rotatable bonds is 0. The second-order valence-corrected chi connectivity index (χ2v) is 7.88. The molecule has 0 unspecified atom stereocenters. The Morgan fingerprint density at radius 3 is 2.58 bits per heavy atom. The van der Waals surface area contributed by atoms with Gasteiger partial charge in [0, 0.05) is 32.5 Å². The molecule has 0 saturated heterocycles. The fourth-order valence-electron chi connectivity index (χ4n) is 3.51. The first kappa shape index (κ1) is 17.1. The molecule has 0 fully saturated rings. The lowest BCUT2D eigenvalue weighted by Crippen LogP contribution is -2.40. The van der Waals surface area contributed by atoms with Crippen LogP contribution in [0, 0.1) is 0 Å². The third-order valence-electron chi connectivity index (χ3n) is 4.46. The Hall–Kier alpha value is -1.75. The fourth-order valence-corrected chi connectivity index (χ4v) is 3.78. The van der Waals surface area contributed by atoms with E-state index >= 15 is 0 Å². The summed E-state index contributed by atoms with van der Waals surface area (Å²) in [6.07, 6.45) is 0.435. The van der Waals surface area contributed by atoms with E-state index in [0.717, 1.165) is 23.2 Å². The highest BCUT2D eigenvalue weighted by Gasteiger charge is 2.38. The van der Waals surface area contributed by atoms with E-state index in [4.69, 9.17) is 16.3 Å². The molecule has 2 aliphatic heterocycles. The molecule has 3 rings (SSSR count). The summed E-state index contributed by atoms with van der Waals surface area (Å²) in [5.74, 6) is 0.0507. The first-order valence-corrected chi connectivity index (χ1v) is 8.62. The molecule has 1 aromatic rings. The van der Waals surface area contributed by atoms with Crippen molar-refractivity contribution in [2.24, 2.45) is 0 Å². The van der Waals surface area contributed by atoms with Crippen molar-refractivity contribution in [2.45, 2.75) is 45.6 Å². The zero-order valence-electron chi connectivity index (χ0n) is 14.6. The lowest BCUT2D eigenvalue weighted by molar-refractivity contribution is -0.116. The topological polar surface area (TPSA) is 49.9 Å². The number of hydrogen-bond donors (Lipinski definition) is 0. The summed E-state index contributed by atoms with van der Waals surface area (Å²) >= 11 is 6.37. The Morgan fingerprint density at radius 2 is 1.96 bits per heavy atom. The molecule has 1 aromatic carbocycles. The molecule has 0 aromatic heterocycles. The van der Waals surface area contributed by atoms with Crippen LogP contribution >= 0.6 is 11.6 Å². The lowest BCUT2D eigenvalue weighted by Gasteiger charge is -2.28. The van der Waals surface area contributed by atoms with E-state index in [-0.39, 0.29) is 17.9 Å². The minimum absolute atomic E-state index is 0.0257. The second kappa shape index (κ2) is 5.96. The number of ether oxygens (including phenoxy) is 1. The van der Waals surface area contributed by atoms with Crippen molar-refractivity contribution < 1.29 is 14.3 Å². The third-order valence-corrected chi connectivity index (χ3v) is 4.77. The minimum atomic E-state index is -0.522. The molecule has 0 radical (unpaired) electrons. The van der Waals surface area contributed by atoms with Gasteiger partial charge in [-0.15, -0.1) is 0 Å². The molecular weight excluding hydrogens is 328 g/mol. The Morgan fingerprint density at radius 1 is 1.25 bits per heavy atom. The predicted molar refractivity (Wildman–Crippen MR) is 93.7 cm³/mol. The Bertz CT molecular complexity index is 696. The van der Waals surface area contributed by atoms with Gasteiger partial charge in [-0.2, -0.15) is 0 Å². The van der Waals surface area contributed by atoms with Gasteiger partial charge in [0.05, 0.1) is 10.7 Å². The Balaban J connectivity index is 1.92. The van der Waals surface area contributed by atoms with Gasteiger partial charge >= 0.3 is 6.09 Å². The van der Waals surface area contributed by atoms with Gasteiger partial charge in [0.15, 0.2) is 0 Å². The van der Waals surface area contributed by atoms with Gasteiger partial charge in [-0.1, -0.05) is 17.7 Å². The molecule has 1 atom stereocenters. The maximum absolute atomic E-state index is 12.5. The number of benzene rings is 1. The van der Waals surface area contributed by atoms with Crippen LogP contribution in [0.1, 0.15) is 44.7 Å². The van der Waals surface area contributed by atoms with Crippen molar-refractivity contribution in [3.8, 4) is 0 Å². The van der Waals surface area contributed by atoms with E-state index in [1.807, 2.05) is 32.9 Å². The molecule has 130 valence electrons. The van der Waals surface area contributed by atoms with E-state index in [9.17, 15) is 9.59 Å². The normalized spacial score (nSPS) is 19.8. The van der Waals surface area contributed by atoms with Crippen LogP contribution in [0.15, 0.2) is 12.1 Å². The second-order valence-electron chi connectivity index (χ2n) is 7.47. The van der Waals surface area contributed by atoms with Gasteiger partial charge in [0.1, 0.15) is 5.60 Å². The van der Waals surface area contributed by atoms with Crippen LogP contribution in [0.4, 0.5) is 10.5 Å². The first-order chi connectivity index (χ1) is 11.2. The van der Waals surface area contributed by atoms with E-state index in [1.165, 1.54) is 0 Å².